The molecule has 0 unspecified atom stereocenters. The minimum Gasteiger partial charge on any atom is -0.375 e. The Hall–Kier alpha value is -3.22. The van der Waals surface area contributed by atoms with Gasteiger partial charge in [-0.2, -0.15) is 0 Å². The molecule has 1 N–H and O–H groups in total. The SMILES string of the molecule is Cc1ccc(CNc2ccc(N3C(=O)[C@H]4C[C@@H](C)CC[C@H]4C3=O)cc2[N+](=O)[O-])cc1. The third kappa shape index (κ3) is 3.67. The third-order valence-electron chi connectivity index (χ3n) is 6.23. The van der Waals surface area contributed by atoms with E-state index in [1.54, 1.807) is 12.1 Å². The number of nitro benzene ring substituents is 1. The van der Waals surface area contributed by atoms with E-state index in [2.05, 4.69) is 12.2 Å². The molecule has 2 aliphatic rings. The number of imide groups is 1. The summed E-state index contributed by atoms with van der Waals surface area (Å²) < 4.78 is 0. The number of nitro groups is 1. The van der Waals surface area contributed by atoms with E-state index >= 15 is 0 Å². The van der Waals surface area contributed by atoms with Crippen LogP contribution in [0.5, 0.6) is 0 Å². The maximum atomic E-state index is 12.9. The van der Waals surface area contributed by atoms with Crippen LogP contribution in [0.15, 0.2) is 42.5 Å². The maximum absolute atomic E-state index is 12.9. The summed E-state index contributed by atoms with van der Waals surface area (Å²) in [5.41, 5.74) is 2.63. The molecule has 30 heavy (non-hydrogen) atoms. The molecule has 1 aliphatic carbocycles. The van der Waals surface area contributed by atoms with E-state index in [0.29, 0.717) is 31.0 Å². The van der Waals surface area contributed by atoms with Crippen molar-refractivity contribution in [3.05, 3.63) is 63.7 Å². The number of fused-ring (bicyclic) bond motifs is 1. The van der Waals surface area contributed by atoms with Crippen LogP contribution < -0.4 is 10.2 Å². The van der Waals surface area contributed by atoms with Crippen molar-refractivity contribution in [2.45, 2.75) is 39.7 Å². The largest absolute Gasteiger partial charge is 0.375 e. The molecule has 1 saturated carbocycles. The minimum atomic E-state index is -0.485. The number of rotatable bonds is 5. The molecule has 2 aromatic rings. The molecule has 2 amide bonds. The van der Waals surface area contributed by atoms with Gasteiger partial charge in [-0.1, -0.05) is 36.8 Å². The molecule has 0 radical (unpaired) electrons. The second-order valence-corrected chi connectivity index (χ2v) is 8.44. The molecule has 4 rings (SSSR count). The van der Waals surface area contributed by atoms with Gasteiger partial charge in [-0.3, -0.25) is 19.7 Å². The number of carbonyl (C=O) groups is 2. The fourth-order valence-electron chi connectivity index (χ4n) is 4.51. The zero-order valence-electron chi connectivity index (χ0n) is 17.1. The second kappa shape index (κ2) is 7.89. The van der Waals surface area contributed by atoms with E-state index in [4.69, 9.17) is 0 Å². The van der Waals surface area contributed by atoms with Gasteiger partial charge >= 0.3 is 0 Å². The van der Waals surface area contributed by atoms with Crippen molar-refractivity contribution in [2.24, 2.45) is 17.8 Å². The molecule has 7 heteroatoms. The van der Waals surface area contributed by atoms with Crippen LogP contribution in [0.2, 0.25) is 0 Å². The van der Waals surface area contributed by atoms with Crippen LogP contribution in [-0.4, -0.2) is 16.7 Å². The van der Waals surface area contributed by atoms with Gasteiger partial charge in [-0.05, 0) is 49.8 Å². The van der Waals surface area contributed by atoms with E-state index in [0.717, 1.165) is 22.4 Å². The normalized spacial score (nSPS) is 23.4. The van der Waals surface area contributed by atoms with Gasteiger partial charge < -0.3 is 5.32 Å². The van der Waals surface area contributed by atoms with Gasteiger partial charge in [0.05, 0.1) is 22.4 Å². The van der Waals surface area contributed by atoms with Crippen LogP contribution in [0.4, 0.5) is 17.1 Å². The molecule has 0 bridgehead atoms. The van der Waals surface area contributed by atoms with E-state index in [-0.39, 0.29) is 35.0 Å². The van der Waals surface area contributed by atoms with Gasteiger partial charge in [0.25, 0.3) is 5.69 Å². The van der Waals surface area contributed by atoms with Crippen molar-refractivity contribution < 1.29 is 14.5 Å². The van der Waals surface area contributed by atoms with Crippen LogP contribution in [0.25, 0.3) is 0 Å². The first-order valence-corrected chi connectivity index (χ1v) is 10.3. The summed E-state index contributed by atoms with van der Waals surface area (Å²) in [6.07, 6.45) is 2.32. The van der Waals surface area contributed by atoms with Gasteiger partial charge in [0.1, 0.15) is 5.69 Å². The van der Waals surface area contributed by atoms with Crippen molar-refractivity contribution >= 4 is 28.9 Å². The van der Waals surface area contributed by atoms with Crippen molar-refractivity contribution in [1.82, 2.24) is 0 Å². The number of anilines is 2. The molecule has 0 spiro atoms. The van der Waals surface area contributed by atoms with Crippen LogP contribution in [-0.2, 0) is 16.1 Å². The zero-order valence-corrected chi connectivity index (χ0v) is 17.1. The number of hydrogen-bond acceptors (Lipinski definition) is 5. The van der Waals surface area contributed by atoms with Gasteiger partial charge in [-0.15, -0.1) is 0 Å². The molecule has 7 nitrogen and oxygen atoms in total. The van der Waals surface area contributed by atoms with Crippen LogP contribution >= 0.6 is 0 Å². The molecule has 1 heterocycles. The molecular weight excluding hydrogens is 382 g/mol. The van der Waals surface area contributed by atoms with E-state index in [9.17, 15) is 19.7 Å². The summed E-state index contributed by atoms with van der Waals surface area (Å²) in [4.78, 5) is 38.2. The lowest BCUT2D eigenvalue weighted by Gasteiger charge is -2.25. The first-order chi connectivity index (χ1) is 14.3. The molecule has 2 fully saturated rings. The Bertz CT molecular complexity index is 1000. The van der Waals surface area contributed by atoms with Crippen LogP contribution in [0.1, 0.15) is 37.3 Å². The van der Waals surface area contributed by atoms with Gasteiger partial charge in [0.2, 0.25) is 11.8 Å². The number of carbonyl (C=O) groups excluding carboxylic acids is 2. The van der Waals surface area contributed by atoms with Crippen molar-refractivity contribution in [3.8, 4) is 0 Å². The lowest BCUT2D eigenvalue weighted by Crippen LogP contribution is -2.30. The molecule has 1 aliphatic heterocycles. The number of aryl methyl sites for hydroxylation is 1. The fraction of sp³-hybridized carbons (Fsp3) is 0.391. The summed E-state index contributed by atoms with van der Waals surface area (Å²) in [5.74, 6) is -0.657. The first kappa shape index (κ1) is 20.1. The van der Waals surface area contributed by atoms with E-state index < -0.39 is 4.92 Å². The highest BCUT2D eigenvalue weighted by Gasteiger charge is 2.50. The smallest absolute Gasteiger partial charge is 0.294 e. The Morgan fingerprint density at radius 1 is 1.07 bits per heavy atom. The minimum absolute atomic E-state index is 0.150. The molecule has 1 saturated heterocycles. The molecule has 3 atom stereocenters. The van der Waals surface area contributed by atoms with Crippen molar-refractivity contribution in [1.29, 1.82) is 0 Å². The summed E-state index contributed by atoms with van der Waals surface area (Å²) in [6, 6.07) is 12.4. The lowest BCUT2D eigenvalue weighted by molar-refractivity contribution is -0.383. The summed E-state index contributed by atoms with van der Waals surface area (Å²) in [7, 11) is 0. The van der Waals surface area contributed by atoms with Gasteiger partial charge in [0.15, 0.2) is 0 Å². The number of amides is 2. The maximum Gasteiger partial charge on any atom is 0.294 e. The number of benzene rings is 2. The monoisotopic (exact) mass is 407 g/mol. The summed E-state index contributed by atoms with van der Waals surface area (Å²) in [6.45, 7) is 4.53. The van der Waals surface area contributed by atoms with Gasteiger partial charge in [0, 0.05) is 12.6 Å². The predicted molar refractivity (Wildman–Crippen MR) is 114 cm³/mol. The van der Waals surface area contributed by atoms with Crippen molar-refractivity contribution in [2.75, 3.05) is 10.2 Å². The van der Waals surface area contributed by atoms with Crippen LogP contribution in [0, 0.1) is 34.8 Å². The second-order valence-electron chi connectivity index (χ2n) is 8.44. The molecular formula is C23H25N3O4. The Balaban J connectivity index is 1.58. The highest BCUT2D eigenvalue weighted by molar-refractivity contribution is 6.22. The Morgan fingerprint density at radius 3 is 2.47 bits per heavy atom. The summed E-state index contributed by atoms with van der Waals surface area (Å²) in [5, 5.41) is 14.8. The molecule has 2 aromatic carbocycles. The molecule has 156 valence electrons. The number of hydrogen-bond donors (Lipinski definition) is 1. The Morgan fingerprint density at radius 2 is 1.77 bits per heavy atom. The highest BCUT2D eigenvalue weighted by Crippen LogP contribution is 2.43. The standard InChI is InChI=1S/C23H25N3O4/c1-14-3-6-16(7-4-14)13-24-20-10-8-17(12-21(20)26(29)30)25-22(27)18-9-5-15(2)11-19(18)23(25)28/h3-4,6-8,10,12,15,18-19,24H,5,9,11,13H2,1-2H3/t15-,18+,19-/m0/s1. The first-order valence-electron chi connectivity index (χ1n) is 10.3. The third-order valence-corrected chi connectivity index (χ3v) is 6.23. The van der Waals surface area contributed by atoms with Crippen molar-refractivity contribution in [3.63, 3.8) is 0 Å². The lowest BCUT2D eigenvalue weighted by atomic mass is 9.76. The fourth-order valence-corrected chi connectivity index (χ4v) is 4.51. The topological polar surface area (TPSA) is 92.6 Å². The highest BCUT2D eigenvalue weighted by atomic mass is 16.6. The quantitative estimate of drug-likeness (QED) is 0.449. The molecule has 0 aromatic heterocycles. The Kier molecular flexibility index (Phi) is 5.28. The number of nitrogens with zero attached hydrogens (tertiary/aromatic N) is 2. The van der Waals surface area contributed by atoms with E-state index in [1.807, 2.05) is 31.2 Å². The Labute approximate surface area is 175 Å². The van der Waals surface area contributed by atoms with Crippen LogP contribution in [0.3, 0.4) is 0 Å². The zero-order chi connectivity index (χ0) is 21.4. The average Bonchev–Trinajstić information content (AvgIpc) is 2.97. The van der Waals surface area contributed by atoms with Gasteiger partial charge in [-0.25, -0.2) is 4.90 Å². The van der Waals surface area contributed by atoms with E-state index in [1.165, 1.54) is 6.07 Å². The average molecular weight is 407 g/mol. The summed E-state index contributed by atoms with van der Waals surface area (Å²) >= 11 is 0. The number of nitrogens with one attached hydrogen (secondary N) is 1. The predicted octanol–water partition coefficient (Wildman–Crippen LogP) is 4.44.